The Balaban J connectivity index is 0.00000243. The molecule has 0 unspecified atom stereocenters. The Hall–Kier alpha value is -2.04. The van der Waals surface area contributed by atoms with E-state index >= 15 is 0 Å². The number of likely N-dealkylation sites (tertiary alicyclic amines) is 1. The molecule has 5 heteroatoms. The van der Waals surface area contributed by atoms with Gasteiger partial charge in [0.05, 0.1) is 5.56 Å². The van der Waals surface area contributed by atoms with E-state index in [1.54, 1.807) is 12.1 Å². The van der Waals surface area contributed by atoms with Gasteiger partial charge in [0, 0.05) is 25.3 Å². The van der Waals surface area contributed by atoms with Crippen molar-refractivity contribution in [2.45, 2.75) is 39.3 Å². The fraction of sp³-hybridized carbons (Fsp3) is 0.381. The zero-order chi connectivity index (χ0) is 17.8. The van der Waals surface area contributed by atoms with E-state index in [1.807, 2.05) is 19.9 Å². The number of ether oxygens (including phenoxy) is 1. The molecular formula is C21H27ClN2O2. The quantitative estimate of drug-likeness (QED) is 0.645. The van der Waals surface area contributed by atoms with E-state index in [2.05, 4.69) is 29.2 Å². The van der Waals surface area contributed by atoms with Gasteiger partial charge < -0.3 is 10.5 Å². The van der Waals surface area contributed by atoms with Gasteiger partial charge in [0.15, 0.2) is 0 Å². The Morgan fingerprint density at radius 2 is 1.73 bits per heavy atom. The first-order valence-electron chi connectivity index (χ1n) is 8.87. The van der Waals surface area contributed by atoms with Gasteiger partial charge in [-0.1, -0.05) is 30.3 Å². The molecule has 0 atom stereocenters. The van der Waals surface area contributed by atoms with Crippen LogP contribution in [-0.4, -0.2) is 30.1 Å². The number of esters is 1. The number of nitrogens with two attached hydrogens (primary N) is 1. The van der Waals surface area contributed by atoms with Crippen molar-refractivity contribution in [1.82, 2.24) is 4.90 Å². The van der Waals surface area contributed by atoms with Crippen molar-refractivity contribution in [3.8, 4) is 0 Å². The highest BCUT2D eigenvalue weighted by atomic mass is 35.5. The van der Waals surface area contributed by atoms with Crippen molar-refractivity contribution < 1.29 is 9.53 Å². The predicted molar refractivity (Wildman–Crippen MR) is 108 cm³/mol. The SMILES string of the molecule is Cc1c(N)ccc(C(=O)OC2CCN(Cc3ccccc3)CC2)c1C.Cl. The molecule has 26 heavy (non-hydrogen) atoms. The molecule has 0 radical (unpaired) electrons. The minimum absolute atomic E-state index is 0. The lowest BCUT2D eigenvalue weighted by molar-refractivity contribution is 0.0103. The van der Waals surface area contributed by atoms with E-state index in [-0.39, 0.29) is 24.5 Å². The second-order valence-corrected chi connectivity index (χ2v) is 6.82. The van der Waals surface area contributed by atoms with E-state index < -0.39 is 0 Å². The Labute approximate surface area is 161 Å². The number of carbonyl (C=O) groups excluding carboxylic acids is 1. The molecule has 3 rings (SSSR count). The molecule has 1 fully saturated rings. The number of carbonyl (C=O) groups is 1. The van der Waals surface area contributed by atoms with Crippen LogP contribution >= 0.6 is 12.4 Å². The first kappa shape index (κ1) is 20.3. The summed E-state index contributed by atoms with van der Waals surface area (Å²) in [5.41, 5.74) is 10.4. The highest BCUT2D eigenvalue weighted by Crippen LogP contribution is 2.22. The van der Waals surface area contributed by atoms with E-state index in [4.69, 9.17) is 10.5 Å². The lowest BCUT2D eigenvalue weighted by atomic mass is 10.0. The summed E-state index contributed by atoms with van der Waals surface area (Å²) in [6.07, 6.45) is 1.76. The summed E-state index contributed by atoms with van der Waals surface area (Å²) in [5, 5.41) is 0. The van der Waals surface area contributed by atoms with Gasteiger partial charge in [-0.2, -0.15) is 0 Å². The smallest absolute Gasteiger partial charge is 0.338 e. The molecule has 4 nitrogen and oxygen atoms in total. The number of piperidine rings is 1. The third-order valence-corrected chi connectivity index (χ3v) is 5.11. The number of halogens is 1. The molecule has 0 saturated carbocycles. The van der Waals surface area contributed by atoms with Crippen molar-refractivity contribution in [3.63, 3.8) is 0 Å². The number of rotatable bonds is 4. The Morgan fingerprint density at radius 3 is 2.38 bits per heavy atom. The van der Waals surface area contributed by atoms with Crippen LogP contribution in [0.25, 0.3) is 0 Å². The van der Waals surface area contributed by atoms with Gasteiger partial charge >= 0.3 is 5.97 Å². The first-order chi connectivity index (χ1) is 12.0. The van der Waals surface area contributed by atoms with Gasteiger partial charge in [0.25, 0.3) is 0 Å². The van der Waals surface area contributed by atoms with Crippen molar-refractivity contribution in [3.05, 3.63) is 64.7 Å². The zero-order valence-corrected chi connectivity index (χ0v) is 16.2. The van der Waals surface area contributed by atoms with E-state index in [0.29, 0.717) is 11.3 Å². The third kappa shape index (κ3) is 4.77. The summed E-state index contributed by atoms with van der Waals surface area (Å²) in [5.74, 6) is -0.234. The molecule has 1 aliphatic heterocycles. The molecular weight excluding hydrogens is 348 g/mol. The molecule has 0 aliphatic carbocycles. The molecule has 2 aromatic carbocycles. The predicted octanol–water partition coefficient (Wildman–Crippen LogP) is 4.13. The molecule has 140 valence electrons. The zero-order valence-electron chi connectivity index (χ0n) is 15.4. The van der Waals surface area contributed by atoms with Crippen LogP contribution in [0.4, 0.5) is 5.69 Å². The van der Waals surface area contributed by atoms with Gasteiger partial charge in [0.2, 0.25) is 0 Å². The number of hydrogen-bond acceptors (Lipinski definition) is 4. The standard InChI is InChI=1S/C21H26N2O2.ClH/c1-15-16(2)20(22)9-8-19(15)21(24)25-18-10-12-23(13-11-18)14-17-6-4-3-5-7-17;/h3-9,18H,10-14,22H2,1-2H3;1H. The van der Waals surface area contributed by atoms with E-state index in [9.17, 15) is 4.79 Å². The number of anilines is 1. The van der Waals surface area contributed by atoms with Gasteiger partial charge in [-0.05, 0) is 55.5 Å². The third-order valence-electron chi connectivity index (χ3n) is 5.11. The molecule has 2 aromatic rings. The molecule has 0 bridgehead atoms. The van der Waals surface area contributed by atoms with Crippen LogP contribution in [0.5, 0.6) is 0 Å². The largest absolute Gasteiger partial charge is 0.459 e. The van der Waals surface area contributed by atoms with Crippen molar-refractivity contribution in [2.75, 3.05) is 18.8 Å². The van der Waals surface area contributed by atoms with Crippen LogP contribution in [0.2, 0.25) is 0 Å². The maximum absolute atomic E-state index is 12.5. The summed E-state index contributed by atoms with van der Waals surface area (Å²) < 4.78 is 5.75. The maximum atomic E-state index is 12.5. The van der Waals surface area contributed by atoms with Crippen LogP contribution in [0.15, 0.2) is 42.5 Å². The molecule has 0 amide bonds. The maximum Gasteiger partial charge on any atom is 0.338 e. The van der Waals surface area contributed by atoms with Crippen molar-refractivity contribution >= 4 is 24.1 Å². The lowest BCUT2D eigenvalue weighted by Crippen LogP contribution is -2.37. The van der Waals surface area contributed by atoms with Crippen LogP contribution in [0, 0.1) is 13.8 Å². The minimum Gasteiger partial charge on any atom is -0.459 e. The number of nitrogens with zero attached hydrogens (tertiary/aromatic N) is 1. The summed E-state index contributed by atoms with van der Waals surface area (Å²) >= 11 is 0. The van der Waals surface area contributed by atoms with Gasteiger partial charge in [-0.15, -0.1) is 12.4 Å². The van der Waals surface area contributed by atoms with Crippen LogP contribution in [0.3, 0.4) is 0 Å². The summed E-state index contributed by atoms with van der Waals surface area (Å²) in [6, 6.07) is 14.0. The van der Waals surface area contributed by atoms with Crippen molar-refractivity contribution in [2.24, 2.45) is 0 Å². The molecule has 2 N–H and O–H groups in total. The number of benzene rings is 2. The lowest BCUT2D eigenvalue weighted by Gasteiger charge is -2.31. The molecule has 0 spiro atoms. The van der Waals surface area contributed by atoms with Gasteiger partial charge in [-0.3, -0.25) is 4.90 Å². The minimum atomic E-state index is -0.234. The van der Waals surface area contributed by atoms with E-state index in [0.717, 1.165) is 43.6 Å². The normalized spacial score (nSPS) is 15.3. The van der Waals surface area contributed by atoms with Crippen molar-refractivity contribution in [1.29, 1.82) is 0 Å². The number of nitrogen functional groups attached to an aromatic ring is 1. The highest BCUT2D eigenvalue weighted by Gasteiger charge is 2.24. The van der Waals surface area contributed by atoms with Gasteiger partial charge in [0.1, 0.15) is 6.10 Å². The van der Waals surface area contributed by atoms with E-state index in [1.165, 1.54) is 5.56 Å². The van der Waals surface area contributed by atoms with Crippen LogP contribution in [-0.2, 0) is 11.3 Å². The fourth-order valence-electron chi connectivity index (χ4n) is 3.30. The van der Waals surface area contributed by atoms with Crippen LogP contribution < -0.4 is 5.73 Å². The summed E-state index contributed by atoms with van der Waals surface area (Å²) in [7, 11) is 0. The highest BCUT2D eigenvalue weighted by molar-refractivity contribution is 5.92. The second-order valence-electron chi connectivity index (χ2n) is 6.82. The summed E-state index contributed by atoms with van der Waals surface area (Å²) in [6.45, 7) is 6.71. The molecule has 1 heterocycles. The summed E-state index contributed by atoms with van der Waals surface area (Å²) in [4.78, 5) is 14.9. The Morgan fingerprint density at radius 1 is 1.08 bits per heavy atom. The molecule has 1 saturated heterocycles. The van der Waals surface area contributed by atoms with Crippen LogP contribution in [0.1, 0.15) is 39.9 Å². The first-order valence-corrected chi connectivity index (χ1v) is 8.87. The monoisotopic (exact) mass is 374 g/mol. The number of hydrogen-bond donors (Lipinski definition) is 1. The molecule has 1 aliphatic rings. The average molecular weight is 375 g/mol. The average Bonchev–Trinajstić information content (AvgIpc) is 2.62. The Bertz CT molecular complexity index is 741. The Kier molecular flexibility index (Phi) is 7.06. The fourth-order valence-corrected chi connectivity index (χ4v) is 3.30. The second kappa shape index (κ2) is 9.06. The topological polar surface area (TPSA) is 55.6 Å². The van der Waals surface area contributed by atoms with Gasteiger partial charge in [-0.25, -0.2) is 4.79 Å². The molecule has 0 aromatic heterocycles.